The zero-order valence-electron chi connectivity index (χ0n) is 15.3. The van der Waals surface area contributed by atoms with Gasteiger partial charge in [-0.1, -0.05) is 48.9 Å². The molecule has 5 nitrogen and oxygen atoms in total. The molecular weight excluding hydrogens is 336 g/mol. The quantitative estimate of drug-likeness (QED) is 0.561. The van der Waals surface area contributed by atoms with Crippen molar-refractivity contribution < 1.29 is 0 Å². The third kappa shape index (κ3) is 3.44. The fourth-order valence-corrected chi connectivity index (χ4v) is 3.06. The van der Waals surface area contributed by atoms with Crippen LogP contribution in [0.4, 0.5) is 11.6 Å². The lowest BCUT2D eigenvalue weighted by atomic mass is 10.0. The van der Waals surface area contributed by atoms with E-state index < -0.39 is 0 Å². The zero-order valence-corrected chi connectivity index (χ0v) is 15.3. The van der Waals surface area contributed by atoms with Gasteiger partial charge in [0.25, 0.3) is 5.56 Å². The Morgan fingerprint density at radius 1 is 1.00 bits per heavy atom. The summed E-state index contributed by atoms with van der Waals surface area (Å²) in [6, 6.07) is 18.0. The van der Waals surface area contributed by atoms with E-state index in [9.17, 15) is 4.79 Å². The Hall–Kier alpha value is -3.47. The molecule has 5 heteroatoms. The number of anilines is 2. The summed E-state index contributed by atoms with van der Waals surface area (Å²) < 4.78 is 0. The minimum atomic E-state index is -0.212. The lowest BCUT2D eigenvalue weighted by Crippen LogP contribution is -2.13. The molecule has 0 saturated carbocycles. The lowest BCUT2D eigenvalue weighted by Gasteiger charge is -2.09. The van der Waals surface area contributed by atoms with Crippen molar-refractivity contribution in [3.05, 3.63) is 82.3 Å². The molecule has 0 saturated heterocycles. The van der Waals surface area contributed by atoms with Gasteiger partial charge < -0.3 is 5.32 Å². The number of hydrogen-bond acceptors (Lipinski definition) is 4. The molecule has 0 atom stereocenters. The van der Waals surface area contributed by atoms with E-state index in [-0.39, 0.29) is 5.56 Å². The van der Waals surface area contributed by atoms with E-state index in [1.165, 1.54) is 11.1 Å². The Labute approximate surface area is 157 Å². The first kappa shape index (κ1) is 17.0. The molecule has 134 valence electrons. The highest BCUT2D eigenvalue weighted by atomic mass is 16.1. The number of aromatic nitrogens is 3. The highest BCUT2D eigenvalue weighted by Gasteiger charge is 2.11. The summed E-state index contributed by atoms with van der Waals surface area (Å²) in [5.74, 6) is 0.380. The third-order valence-corrected chi connectivity index (χ3v) is 4.60. The van der Waals surface area contributed by atoms with Crippen molar-refractivity contribution >= 4 is 22.7 Å². The van der Waals surface area contributed by atoms with Crippen LogP contribution in [0.25, 0.3) is 22.2 Å². The number of pyridine rings is 1. The predicted octanol–water partition coefficient (Wildman–Crippen LogP) is 4.60. The maximum Gasteiger partial charge on any atom is 0.262 e. The second-order valence-electron chi connectivity index (χ2n) is 6.51. The number of aryl methyl sites for hydroxylation is 2. The van der Waals surface area contributed by atoms with Crippen molar-refractivity contribution in [2.45, 2.75) is 20.3 Å². The highest BCUT2D eigenvalue weighted by Crippen LogP contribution is 2.25. The van der Waals surface area contributed by atoms with E-state index in [0.717, 1.165) is 23.2 Å². The van der Waals surface area contributed by atoms with Crippen LogP contribution in [0, 0.1) is 6.92 Å². The number of nitrogens with zero attached hydrogens (tertiary/aromatic N) is 2. The number of fused-ring (bicyclic) bond motifs is 1. The largest absolute Gasteiger partial charge is 0.326 e. The van der Waals surface area contributed by atoms with Gasteiger partial charge in [-0.25, -0.2) is 4.98 Å². The topological polar surface area (TPSA) is 70.7 Å². The first-order chi connectivity index (χ1) is 13.1. The first-order valence-corrected chi connectivity index (χ1v) is 8.96. The van der Waals surface area contributed by atoms with Crippen LogP contribution in [0.1, 0.15) is 18.1 Å². The third-order valence-electron chi connectivity index (χ3n) is 4.60. The van der Waals surface area contributed by atoms with Crippen LogP contribution in [-0.2, 0) is 6.42 Å². The van der Waals surface area contributed by atoms with Gasteiger partial charge in [-0.15, -0.1) is 0 Å². The van der Waals surface area contributed by atoms with Crippen LogP contribution < -0.4 is 10.9 Å². The smallest absolute Gasteiger partial charge is 0.262 e. The molecule has 0 unspecified atom stereocenters. The van der Waals surface area contributed by atoms with E-state index in [2.05, 4.69) is 39.3 Å². The number of benzene rings is 2. The molecule has 2 N–H and O–H groups in total. The van der Waals surface area contributed by atoms with Crippen molar-refractivity contribution in [3.63, 3.8) is 0 Å². The molecule has 2 aromatic carbocycles. The summed E-state index contributed by atoms with van der Waals surface area (Å²) >= 11 is 0. The van der Waals surface area contributed by atoms with Crippen molar-refractivity contribution in [2.75, 3.05) is 5.32 Å². The standard InChI is InChI=1S/C22H20N4O/c1-3-15-6-10-17(11-7-15)24-22-25-20-19(21(27)26-22)18(12-13-23-20)16-8-4-14(2)5-9-16/h4-13H,3H2,1-2H3,(H2,23,24,25,26,27). The number of nitrogens with one attached hydrogen (secondary N) is 2. The van der Waals surface area contributed by atoms with Gasteiger partial charge in [0, 0.05) is 11.9 Å². The fraction of sp³-hybridized carbons (Fsp3) is 0.136. The molecule has 0 bridgehead atoms. The molecule has 4 rings (SSSR count). The number of aromatic amines is 1. The molecule has 0 aliphatic heterocycles. The van der Waals surface area contributed by atoms with E-state index in [0.29, 0.717) is 17.0 Å². The summed E-state index contributed by atoms with van der Waals surface area (Å²) in [4.78, 5) is 24.4. The van der Waals surface area contributed by atoms with Gasteiger partial charge in [-0.2, -0.15) is 4.98 Å². The lowest BCUT2D eigenvalue weighted by molar-refractivity contribution is 1.13. The van der Waals surface area contributed by atoms with Crippen LogP contribution in [-0.4, -0.2) is 15.0 Å². The van der Waals surface area contributed by atoms with Crippen LogP contribution >= 0.6 is 0 Å². The summed E-state index contributed by atoms with van der Waals surface area (Å²) in [5.41, 5.74) is 5.30. The summed E-state index contributed by atoms with van der Waals surface area (Å²) in [6.45, 7) is 4.15. The SMILES string of the molecule is CCc1ccc(Nc2nc3nccc(-c4ccc(C)cc4)c3c(=O)[nH]2)cc1. The van der Waals surface area contributed by atoms with Gasteiger partial charge >= 0.3 is 0 Å². The van der Waals surface area contributed by atoms with Crippen LogP contribution in [0.15, 0.2) is 65.6 Å². The van der Waals surface area contributed by atoms with Crippen molar-refractivity contribution in [3.8, 4) is 11.1 Å². The average molecular weight is 356 g/mol. The Kier molecular flexibility index (Phi) is 4.42. The van der Waals surface area contributed by atoms with E-state index >= 15 is 0 Å². The molecule has 27 heavy (non-hydrogen) atoms. The Balaban J connectivity index is 1.76. The zero-order chi connectivity index (χ0) is 18.8. The maximum atomic E-state index is 12.8. The van der Waals surface area contributed by atoms with Gasteiger partial charge in [0.15, 0.2) is 5.65 Å². The molecule has 0 spiro atoms. The van der Waals surface area contributed by atoms with Crippen LogP contribution in [0.2, 0.25) is 0 Å². The Bertz CT molecular complexity index is 1150. The molecule has 0 amide bonds. The minimum Gasteiger partial charge on any atom is -0.326 e. The molecule has 0 aliphatic rings. The average Bonchev–Trinajstić information content (AvgIpc) is 2.69. The molecule has 2 aromatic heterocycles. The summed E-state index contributed by atoms with van der Waals surface area (Å²) in [6.07, 6.45) is 2.67. The normalized spacial score (nSPS) is 10.9. The molecule has 0 radical (unpaired) electrons. The first-order valence-electron chi connectivity index (χ1n) is 8.96. The van der Waals surface area contributed by atoms with Crippen molar-refractivity contribution in [1.82, 2.24) is 15.0 Å². The molecule has 4 aromatic rings. The molecule has 0 fully saturated rings. The number of rotatable bonds is 4. The van der Waals surface area contributed by atoms with E-state index in [1.807, 2.05) is 49.4 Å². The van der Waals surface area contributed by atoms with Crippen LogP contribution in [0.3, 0.4) is 0 Å². The summed E-state index contributed by atoms with van der Waals surface area (Å²) in [5, 5.41) is 3.64. The van der Waals surface area contributed by atoms with Crippen molar-refractivity contribution in [1.29, 1.82) is 0 Å². The van der Waals surface area contributed by atoms with Crippen molar-refractivity contribution in [2.24, 2.45) is 0 Å². The van der Waals surface area contributed by atoms with Gasteiger partial charge in [0.2, 0.25) is 5.95 Å². The fourth-order valence-electron chi connectivity index (χ4n) is 3.06. The minimum absolute atomic E-state index is 0.212. The maximum absolute atomic E-state index is 12.8. The van der Waals surface area contributed by atoms with E-state index in [4.69, 9.17) is 0 Å². The van der Waals surface area contributed by atoms with Gasteiger partial charge in [-0.3, -0.25) is 9.78 Å². The Morgan fingerprint density at radius 3 is 2.44 bits per heavy atom. The van der Waals surface area contributed by atoms with Gasteiger partial charge in [0.1, 0.15) is 0 Å². The monoisotopic (exact) mass is 356 g/mol. The number of hydrogen-bond donors (Lipinski definition) is 2. The molecule has 2 heterocycles. The molecular formula is C22H20N4O. The Morgan fingerprint density at radius 2 is 1.74 bits per heavy atom. The second-order valence-corrected chi connectivity index (χ2v) is 6.51. The van der Waals surface area contributed by atoms with Gasteiger partial charge in [0.05, 0.1) is 5.39 Å². The molecule has 0 aliphatic carbocycles. The second kappa shape index (κ2) is 7.03. The summed E-state index contributed by atoms with van der Waals surface area (Å²) in [7, 11) is 0. The van der Waals surface area contributed by atoms with Crippen LogP contribution in [0.5, 0.6) is 0 Å². The highest BCUT2D eigenvalue weighted by molar-refractivity contribution is 5.92. The predicted molar refractivity (Wildman–Crippen MR) is 109 cm³/mol. The number of H-pyrrole nitrogens is 1. The van der Waals surface area contributed by atoms with E-state index in [1.54, 1.807) is 6.20 Å². The van der Waals surface area contributed by atoms with Gasteiger partial charge in [-0.05, 0) is 48.2 Å².